The van der Waals surface area contributed by atoms with Gasteiger partial charge in [0.25, 0.3) is 0 Å². The minimum absolute atomic E-state index is 0.208. The van der Waals surface area contributed by atoms with Crippen molar-refractivity contribution in [1.82, 2.24) is 29.7 Å². The van der Waals surface area contributed by atoms with Crippen LogP contribution in [-0.2, 0) is 19.1 Å². The van der Waals surface area contributed by atoms with Gasteiger partial charge >= 0.3 is 11.9 Å². The second-order valence-electron chi connectivity index (χ2n) is 16.8. The molecule has 2 aliphatic heterocycles. The number of hydrogen-bond acceptors (Lipinski definition) is 8. The Kier molecular flexibility index (Phi) is 16.9. The molecule has 0 radical (unpaired) electrons. The lowest BCUT2D eigenvalue weighted by atomic mass is 9.98. The Hall–Kier alpha value is -5.06. The first-order valence-corrected chi connectivity index (χ1v) is 21.8. The summed E-state index contributed by atoms with van der Waals surface area (Å²) >= 11 is 0. The van der Waals surface area contributed by atoms with Crippen LogP contribution in [0.2, 0.25) is 0 Å². The van der Waals surface area contributed by atoms with Gasteiger partial charge in [0.15, 0.2) is 0 Å². The van der Waals surface area contributed by atoms with E-state index in [1.807, 2.05) is 18.2 Å². The number of carbonyl (C=O) groups is 2. The number of nitrogens with zero attached hydrogens (tertiary/aromatic N) is 4. The number of unbranched alkanes of at least 4 members (excludes halogenated alkanes) is 6. The zero-order valence-electron chi connectivity index (χ0n) is 37.6. The van der Waals surface area contributed by atoms with Crippen molar-refractivity contribution in [1.29, 1.82) is 0 Å². The zero-order valence-corrected chi connectivity index (χ0v) is 37.6. The summed E-state index contributed by atoms with van der Waals surface area (Å²) in [6.45, 7) is 19.6. The number of hydrogen-bond donors (Lipinski definition) is 2. The van der Waals surface area contributed by atoms with Crippen LogP contribution in [0.15, 0.2) is 37.4 Å². The van der Waals surface area contributed by atoms with Crippen molar-refractivity contribution in [2.45, 2.75) is 105 Å². The van der Waals surface area contributed by atoms with Crippen LogP contribution in [0.5, 0.6) is 0 Å². The number of carbonyl (C=O) groups excluding carboxylic acids is 2. The molecule has 3 aromatic heterocycles. The molecule has 0 saturated carbocycles. The number of aryl methyl sites for hydroxylation is 2. The summed E-state index contributed by atoms with van der Waals surface area (Å²) in [5, 5.41) is 0. The Labute approximate surface area is 357 Å². The lowest BCUT2D eigenvalue weighted by molar-refractivity contribution is -0.144. The maximum Gasteiger partial charge on any atom is 0.306 e. The highest BCUT2D eigenvalue weighted by Gasteiger charge is 2.23. The third-order valence-electron chi connectivity index (χ3n) is 11.7. The number of aromatic amines is 2. The fourth-order valence-corrected chi connectivity index (χ4v) is 8.04. The molecule has 0 aliphatic carbocycles. The van der Waals surface area contributed by atoms with Crippen molar-refractivity contribution >= 4 is 68.4 Å². The number of ether oxygens (including phenoxy) is 2. The summed E-state index contributed by atoms with van der Waals surface area (Å²) in [5.41, 5.74) is 15.0. The van der Waals surface area contributed by atoms with Gasteiger partial charge in [0.1, 0.15) is 0 Å². The van der Waals surface area contributed by atoms with E-state index in [0.717, 1.165) is 154 Å². The molecule has 0 atom stereocenters. The number of nitrogens with one attached hydrogen (secondary N) is 2. The quantitative estimate of drug-likeness (QED) is 0.0761. The van der Waals surface area contributed by atoms with E-state index in [1.54, 1.807) is 0 Å². The highest BCUT2D eigenvalue weighted by atomic mass is 16.5. The Balaban J connectivity index is 1.50. The monoisotopic (exact) mass is 817 g/mol. The summed E-state index contributed by atoms with van der Waals surface area (Å²) in [6, 6.07) is 8.30. The van der Waals surface area contributed by atoms with Gasteiger partial charge in [-0.1, -0.05) is 51.0 Å². The maximum atomic E-state index is 13.1. The third-order valence-corrected chi connectivity index (χ3v) is 11.7. The molecule has 5 heterocycles. The van der Waals surface area contributed by atoms with Gasteiger partial charge < -0.3 is 29.2 Å². The predicted octanol–water partition coefficient (Wildman–Crippen LogP) is 11.0. The van der Waals surface area contributed by atoms with Crippen molar-refractivity contribution in [2.24, 2.45) is 0 Å². The number of allylic oxidation sites excluding steroid dienone is 4. The molecule has 0 saturated heterocycles. The molecule has 10 nitrogen and oxygen atoms in total. The first kappa shape index (κ1) is 46.0. The molecule has 0 spiro atoms. The first-order chi connectivity index (χ1) is 28.8. The molecule has 0 fully saturated rings. The number of H-pyrrole nitrogens is 2. The highest BCUT2D eigenvalue weighted by Crippen LogP contribution is 2.38. The van der Waals surface area contributed by atoms with Crippen LogP contribution in [0.1, 0.15) is 136 Å². The molecule has 0 amide bonds. The van der Waals surface area contributed by atoms with Crippen LogP contribution in [0.3, 0.4) is 0 Å². The normalized spacial score (nSPS) is 12.8. The second-order valence-corrected chi connectivity index (χ2v) is 16.8. The van der Waals surface area contributed by atoms with E-state index >= 15 is 0 Å². The Bertz CT molecular complexity index is 2270. The molecule has 2 N–H and O–H groups in total. The van der Waals surface area contributed by atoms with Gasteiger partial charge in [0.05, 0.1) is 36.0 Å². The van der Waals surface area contributed by atoms with Gasteiger partial charge in [-0.15, -0.1) is 0 Å². The van der Waals surface area contributed by atoms with Crippen LogP contribution >= 0.6 is 0 Å². The standard InChI is InChI=1S/C50H68N6O4/c1-11-37-33(3)41-29-42-35(5)39(21-23-49(57)59-27-19-15-13-17-25-55(7)8)47(53-42)32-48-40(22-24-50(58)60-28-20-16-14-18-26-56(9)10)36(6)44(54-48)31-46-38(12-2)34(4)43(52-46)30-45(37)51-41/h11-12,29-32,51-52H,1-2,13-28H2,3-10H3. The molecule has 10 heteroatoms. The van der Waals surface area contributed by atoms with E-state index in [4.69, 9.17) is 19.4 Å². The smallest absolute Gasteiger partial charge is 0.306 e. The van der Waals surface area contributed by atoms with Gasteiger partial charge in [-0.25, -0.2) is 9.97 Å². The first-order valence-electron chi connectivity index (χ1n) is 21.8. The summed E-state index contributed by atoms with van der Waals surface area (Å²) in [5.74, 6) is -0.417. The van der Waals surface area contributed by atoms with Crippen LogP contribution in [0.25, 0.3) is 56.5 Å². The van der Waals surface area contributed by atoms with Crippen LogP contribution in [-0.4, -0.2) is 96.2 Å². The van der Waals surface area contributed by atoms with E-state index in [9.17, 15) is 9.59 Å². The van der Waals surface area contributed by atoms with Crippen molar-refractivity contribution < 1.29 is 19.1 Å². The van der Waals surface area contributed by atoms with Crippen molar-refractivity contribution in [3.8, 4) is 0 Å². The Morgan fingerprint density at radius 2 is 0.967 bits per heavy atom. The highest BCUT2D eigenvalue weighted by molar-refractivity contribution is 5.97. The summed E-state index contributed by atoms with van der Waals surface area (Å²) < 4.78 is 11.4. The molecule has 322 valence electrons. The van der Waals surface area contributed by atoms with E-state index in [0.29, 0.717) is 26.1 Å². The van der Waals surface area contributed by atoms with Gasteiger partial charge in [-0.2, -0.15) is 0 Å². The summed E-state index contributed by atoms with van der Waals surface area (Å²) in [6.07, 6.45) is 13.5. The predicted molar refractivity (Wildman–Crippen MR) is 250 cm³/mol. The van der Waals surface area contributed by atoms with Gasteiger partial charge in [0, 0.05) is 46.0 Å². The molecular weight excluding hydrogens is 749 g/mol. The van der Waals surface area contributed by atoms with Gasteiger partial charge in [0.2, 0.25) is 0 Å². The zero-order chi connectivity index (χ0) is 43.3. The second kappa shape index (κ2) is 22.0. The molecular formula is C50H68N6O4. The van der Waals surface area contributed by atoms with Gasteiger partial charge in [-0.3, -0.25) is 9.59 Å². The number of rotatable bonds is 22. The Morgan fingerprint density at radius 1 is 0.567 bits per heavy atom. The Morgan fingerprint density at radius 3 is 1.40 bits per heavy atom. The maximum absolute atomic E-state index is 13.1. The topological polar surface area (TPSA) is 116 Å². The van der Waals surface area contributed by atoms with Crippen molar-refractivity contribution in [3.05, 3.63) is 82.5 Å². The fourth-order valence-electron chi connectivity index (χ4n) is 8.04. The summed E-state index contributed by atoms with van der Waals surface area (Å²) in [4.78, 5) is 48.3. The van der Waals surface area contributed by atoms with Crippen molar-refractivity contribution in [3.63, 3.8) is 0 Å². The number of aromatic nitrogens is 4. The molecule has 60 heavy (non-hydrogen) atoms. The third kappa shape index (κ3) is 12.0. The van der Waals surface area contributed by atoms with Crippen LogP contribution in [0.4, 0.5) is 0 Å². The van der Waals surface area contributed by atoms with Crippen LogP contribution < -0.4 is 0 Å². The average Bonchev–Trinajstić information content (AvgIpc) is 3.87. The van der Waals surface area contributed by atoms with Crippen molar-refractivity contribution in [2.75, 3.05) is 54.5 Å². The largest absolute Gasteiger partial charge is 0.466 e. The van der Waals surface area contributed by atoms with E-state index in [1.165, 1.54) is 0 Å². The fraction of sp³-hybridized carbons (Fsp3) is 0.480. The molecule has 0 unspecified atom stereocenters. The van der Waals surface area contributed by atoms with E-state index in [2.05, 4.69) is 107 Å². The number of fused-ring (bicyclic) bond motifs is 8. The minimum Gasteiger partial charge on any atom is -0.466 e. The average molecular weight is 817 g/mol. The lowest BCUT2D eigenvalue weighted by Gasteiger charge is -2.09. The molecule has 3 aromatic rings. The number of esters is 2. The van der Waals surface area contributed by atoms with E-state index in [-0.39, 0.29) is 24.8 Å². The summed E-state index contributed by atoms with van der Waals surface area (Å²) in [7, 11) is 8.35. The van der Waals surface area contributed by atoms with Crippen LogP contribution in [0, 0.1) is 13.8 Å². The molecule has 8 bridgehead atoms. The SMILES string of the molecule is C=Cc1c(C)c2cc3[nH]c(cc4nc(cc5nc(cc1[nH]2)C(C)=C5CCC(=O)OCCCCCCN(C)C)C(CCC(=O)OCCCCCCN(C)C)=C4C)c(C)c3C=C. The molecule has 2 aliphatic rings. The van der Waals surface area contributed by atoms with E-state index < -0.39 is 0 Å². The van der Waals surface area contributed by atoms with Gasteiger partial charge in [-0.05, 0) is 165 Å². The molecule has 0 aromatic carbocycles. The minimum atomic E-state index is -0.209. The lowest BCUT2D eigenvalue weighted by Crippen LogP contribution is -2.12. The molecule has 5 rings (SSSR count).